The molecule has 6 rings (SSSR count). The highest BCUT2D eigenvalue weighted by Gasteiger charge is 2.27. The third kappa shape index (κ3) is 4.13. The molecule has 6 nitrogen and oxygen atoms in total. The van der Waals surface area contributed by atoms with Gasteiger partial charge in [-0.15, -0.1) is 0 Å². The van der Waals surface area contributed by atoms with Gasteiger partial charge in [-0.05, 0) is 100 Å². The van der Waals surface area contributed by atoms with Crippen LogP contribution >= 0.6 is 0 Å². The van der Waals surface area contributed by atoms with Crippen molar-refractivity contribution in [2.24, 2.45) is 5.73 Å². The molecule has 0 radical (unpaired) electrons. The summed E-state index contributed by atoms with van der Waals surface area (Å²) in [6.07, 6.45) is 0.588. The van der Waals surface area contributed by atoms with Crippen molar-refractivity contribution in [1.29, 1.82) is 0 Å². The number of nitrogens with two attached hydrogens (primary N) is 1. The van der Waals surface area contributed by atoms with Crippen molar-refractivity contribution in [3.63, 3.8) is 0 Å². The smallest absolute Gasteiger partial charge is 0.253 e. The Balaban J connectivity index is 1.38. The fourth-order valence-corrected chi connectivity index (χ4v) is 5.54. The molecule has 1 saturated heterocycles. The third-order valence-electron chi connectivity index (χ3n) is 7.70. The third-order valence-corrected chi connectivity index (χ3v) is 7.70. The van der Waals surface area contributed by atoms with Crippen molar-refractivity contribution in [2.75, 3.05) is 40.3 Å². The SMILES string of the molecule is COc1ccc2cc(-c3cc(C(N)=O)c4c(c3)-c3ccc(C(=O)N5CCN(C)CC5)cc3C4)ccc2c1. The van der Waals surface area contributed by atoms with Crippen LogP contribution in [0.25, 0.3) is 33.0 Å². The molecule has 4 aromatic rings. The molecule has 0 saturated carbocycles. The number of carbonyl (C=O) groups is 2. The number of carbonyl (C=O) groups excluding carboxylic acids is 2. The van der Waals surface area contributed by atoms with Crippen LogP contribution in [0.5, 0.6) is 5.75 Å². The molecule has 0 spiro atoms. The number of rotatable bonds is 4. The Morgan fingerprint density at radius 1 is 0.811 bits per heavy atom. The summed E-state index contributed by atoms with van der Waals surface area (Å²) >= 11 is 0. The fourth-order valence-electron chi connectivity index (χ4n) is 5.54. The molecule has 4 aromatic carbocycles. The fraction of sp³-hybridized carbons (Fsp3) is 0.226. The molecule has 1 aliphatic carbocycles. The number of primary amides is 1. The Hall–Kier alpha value is -4.16. The Bertz CT molecular complexity index is 1570. The van der Waals surface area contributed by atoms with Gasteiger partial charge in [-0.2, -0.15) is 0 Å². The lowest BCUT2D eigenvalue weighted by Gasteiger charge is -2.32. The van der Waals surface area contributed by atoms with E-state index in [1.54, 1.807) is 7.11 Å². The van der Waals surface area contributed by atoms with Gasteiger partial charge >= 0.3 is 0 Å². The summed E-state index contributed by atoms with van der Waals surface area (Å²) < 4.78 is 5.35. The Morgan fingerprint density at radius 3 is 2.32 bits per heavy atom. The van der Waals surface area contributed by atoms with Crippen molar-refractivity contribution in [3.8, 4) is 28.0 Å². The van der Waals surface area contributed by atoms with Crippen LogP contribution in [-0.2, 0) is 6.42 Å². The van der Waals surface area contributed by atoms with E-state index < -0.39 is 5.91 Å². The summed E-state index contributed by atoms with van der Waals surface area (Å²) in [6.45, 7) is 3.24. The van der Waals surface area contributed by atoms with E-state index in [-0.39, 0.29) is 5.91 Å². The van der Waals surface area contributed by atoms with E-state index in [4.69, 9.17) is 10.5 Å². The van der Waals surface area contributed by atoms with Gasteiger partial charge < -0.3 is 20.3 Å². The molecule has 37 heavy (non-hydrogen) atoms. The second-order valence-corrected chi connectivity index (χ2v) is 9.99. The van der Waals surface area contributed by atoms with Gasteiger partial charge in [-0.1, -0.05) is 24.3 Å². The molecule has 1 aliphatic heterocycles. The van der Waals surface area contributed by atoms with Crippen LogP contribution in [0.1, 0.15) is 31.8 Å². The maximum atomic E-state index is 13.2. The van der Waals surface area contributed by atoms with Gasteiger partial charge in [0.2, 0.25) is 5.91 Å². The molecule has 2 N–H and O–H groups in total. The first-order valence-corrected chi connectivity index (χ1v) is 12.6. The largest absolute Gasteiger partial charge is 0.497 e. The Morgan fingerprint density at radius 2 is 1.57 bits per heavy atom. The van der Waals surface area contributed by atoms with Gasteiger partial charge in [-0.25, -0.2) is 0 Å². The summed E-state index contributed by atoms with van der Waals surface area (Å²) in [5, 5.41) is 2.18. The lowest BCUT2D eigenvalue weighted by atomic mass is 9.93. The van der Waals surface area contributed by atoms with Gasteiger partial charge in [0.15, 0.2) is 0 Å². The first kappa shape index (κ1) is 23.3. The van der Waals surface area contributed by atoms with Crippen LogP contribution in [0.3, 0.4) is 0 Å². The molecular weight excluding hydrogens is 462 g/mol. The minimum atomic E-state index is -0.440. The zero-order valence-corrected chi connectivity index (χ0v) is 21.1. The maximum Gasteiger partial charge on any atom is 0.253 e. The lowest BCUT2D eigenvalue weighted by Crippen LogP contribution is -2.47. The van der Waals surface area contributed by atoms with E-state index in [0.717, 1.165) is 76.1 Å². The van der Waals surface area contributed by atoms with Crippen molar-refractivity contribution in [3.05, 3.63) is 89.0 Å². The van der Waals surface area contributed by atoms with Gasteiger partial charge in [0.05, 0.1) is 7.11 Å². The highest BCUT2D eigenvalue weighted by Crippen LogP contribution is 2.42. The number of amides is 2. The summed E-state index contributed by atoms with van der Waals surface area (Å²) in [5.41, 5.74) is 13.1. The van der Waals surface area contributed by atoms with E-state index in [1.165, 1.54) is 0 Å². The van der Waals surface area contributed by atoms with Gasteiger partial charge in [0.25, 0.3) is 5.91 Å². The minimum absolute atomic E-state index is 0.0652. The van der Waals surface area contributed by atoms with Crippen molar-refractivity contribution in [2.45, 2.75) is 6.42 Å². The Kier molecular flexibility index (Phi) is 5.69. The number of ether oxygens (including phenoxy) is 1. The number of hydrogen-bond donors (Lipinski definition) is 1. The van der Waals surface area contributed by atoms with Crippen molar-refractivity contribution in [1.82, 2.24) is 9.80 Å². The summed E-state index contributed by atoms with van der Waals surface area (Å²) in [6, 6.07) is 22.2. The molecular formula is C31H29N3O3. The summed E-state index contributed by atoms with van der Waals surface area (Å²) in [7, 11) is 3.74. The topological polar surface area (TPSA) is 75.9 Å². The van der Waals surface area contributed by atoms with E-state index in [9.17, 15) is 9.59 Å². The van der Waals surface area contributed by atoms with Crippen LogP contribution in [0, 0.1) is 0 Å². The number of nitrogens with zero attached hydrogens (tertiary/aromatic N) is 2. The normalized spacial score (nSPS) is 14.9. The maximum absolute atomic E-state index is 13.2. The number of benzene rings is 4. The molecule has 0 aromatic heterocycles. The van der Waals surface area contributed by atoms with Crippen molar-refractivity contribution < 1.29 is 14.3 Å². The molecule has 186 valence electrons. The van der Waals surface area contributed by atoms with Gasteiger partial charge in [0, 0.05) is 37.3 Å². The van der Waals surface area contributed by atoms with Crippen LogP contribution in [-0.4, -0.2) is 62.0 Å². The van der Waals surface area contributed by atoms with Gasteiger partial charge in [-0.3, -0.25) is 9.59 Å². The minimum Gasteiger partial charge on any atom is -0.497 e. The molecule has 2 aliphatic rings. The number of piperazine rings is 1. The monoisotopic (exact) mass is 491 g/mol. The molecule has 0 unspecified atom stereocenters. The highest BCUT2D eigenvalue weighted by molar-refractivity contribution is 6.01. The van der Waals surface area contributed by atoms with E-state index in [0.29, 0.717) is 17.5 Å². The summed E-state index contributed by atoms with van der Waals surface area (Å²) in [5.74, 6) is 0.441. The van der Waals surface area contributed by atoms with Crippen LogP contribution < -0.4 is 10.5 Å². The molecule has 0 atom stereocenters. The predicted molar refractivity (Wildman–Crippen MR) is 146 cm³/mol. The number of hydrogen-bond acceptors (Lipinski definition) is 4. The number of methoxy groups -OCH3 is 1. The molecule has 2 amide bonds. The second kappa shape index (κ2) is 9.05. The quantitative estimate of drug-likeness (QED) is 0.400. The standard InChI is InChI=1S/C31H29N3O3/c1-33-9-11-34(12-10-33)31(36)22-6-8-26-24(14-22)18-28-27(26)16-23(17-29(28)30(32)35)20-3-4-21-15-25(37-2)7-5-19(21)13-20/h3-8,13-17H,9-12,18H2,1-2H3,(H2,32,35). The van der Waals surface area contributed by atoms with Crippen LogP contribution in [0.15, 0.2) is 66.7 Å². The molecule has 0 bridgehead atoms. The van der Waals surface area contributed by atoms with E-state index in [2.05, 4.69) is 36.2 Å². The van der Waals surface area contributed by atoms with Crippen LogP contribution in [0.4, 0.5) is 0 Å². The molecule has 6 heteroatoms. The second-order valence-electron chi connectivity index (χ2n) is 9.99. The van der Waals surface area contributed by atoms with E-state index >= 15 is 0 Å². The Labute approximate surface area is 216 Å². The number of likely N-dealkylation sites (N-methyl/N-ethyl adjacent to an activating group) is 1. The lowest BCUT2D eigenvalue weighted by molar-refractivity contribution is 0.0664. The van der Waals surface area contributed by atoms with Crippen molar-refractivity contribution >= 4 is 22.6 Å². The van der Waals surface area contributed by atoms with E-state index in [1.807, 2.05) is 47.4 Å². The number of fused-ring (bicyclic) bond motifs is 4. The highest BCUT2D eigenvalue weighted by atomic mass is 16.5. The zero-order chi connectivity index (χ0) is 25.7. The average molecular weight is 492 g/mol. The average Bonchev–Trinajstić information content (AvgIpc) is 3.29. The predicted octanol–water partition coefficient (Wildman–Crippen LogP) is 4.57. The molecule has 1 fully saturated rings. The first-order chi connectivity index (χ1) is 17.9. The zero-order valence-electron chi connectivity index (χ0n) is 21.1. The van der Waals surface area contributed by atoms with Crippen LogP contribution in [0.2, 0.25) is 0 Å². The molecule has 1 heterocycles. The van der Waals surface area contributed by atoms with Gasteiger partial charge in [0.1, 0.15) is 5.75 Å². The first-order valence-electron chi connectivity index (χ1n) is 12.6. The summed E-state index contributed by atoms with van der Waals surface area (Å²) in [4.78, 5) is 29.9.